The van der Waals surface area contributed by atoms with Crippen LogP contribution in [-0.2, 0) is 28.5 Å². The third kappa shape index (κ3) is 5.34. The summed E-state index contributed by atoms with van der Waals surface area (Å²) in [6, 6.07) is 16.3. The van der Waals surface area contributed by atoms with Crippen molar-refractivity contribution in [2.75, 3.05) is 13.7 Å². The highest BCUT2D eigenvalue weighted by Gasteiger charge is 2.49. The van der Waals surface area contributed by atoms with Gasteiger partial charge in [0, 0.05) is 19.6 Å². The van der Waals surface area contributed by atoms with Crippen molar-refractivity contribution in [3.63, 3.8) is 0 Å². The van der Waals surface area contributed by atoms with Crippen molar-refractivity contribution in [3.05, 3.63) is 77.4 Å². The number of hydrogen-bond acceptors (Lipinski definition) is 9. The average Bonchev–Trinajstić information content (AvgIpc) is 3.20. The van der Waals surface area contributed by atoms with Crippen molar-refractivity contribution in [1.82, 2.24) is 5.32 Å². The molecule has 2 aliphatic rings. The Kier molecular flexibility index (Phi) is 8.14. The van der Waals surface area contributed by atoms with Crippen molar-refractivity contribution in [1.29, 1.82) is 0 Å². The molecule has 2 aliphatic heterocycles. The maximum Gasteiger partial charge on any atom is 0.340 e. The molecule has 1 saturated heterocycles. The lowest BCUT2D eigenvalue weighted by molar-refractivity contribution is -0.297. The third-order valence-corrected chi connectivity index (χ3v) is 6.09. The van der Waals surface area contributed by atoms with Gasteiger partial charge in [-0.1, -0.05) is 60.7 Å². The molecule has 2 heterocycles. The zero-order valence-electron chi connectivity index (χ0n) is 19.8. The van der Waals surface area contributed by atoms with Gasteiger partial charge in [0.1, 0.15) is 30.5 Å². The third-order valence-electron chi connectivity index (χ3n) is 6.09. The molecule has 4 rings (SSSR count). The summed E-state index contributed by atoms with van der Waals surface area (Å²) in [5, 5.41) is 34.8. The lowest BCUT2D eigenvalue weighted by Crippen LogP contribution is -2.65. The van der Waals surface area contributed by atoms with Crippen LogP contribution < -0.4 is 5.32 Å². The molecule has 2 aromatic rings. The van der Waals surface area contributed by atoms with Gasteiger partial charge in [-0.3, -0.25) is 4.79 Å². The van der Waals surface area contributed by atoms with Crippen LogP contribution in [-0.4, -0.2) is 77.8 Å². The van der Waals surface area contributed by atoms with Gasteiger partial charge in [-0.2, -0.15) is 0 Å². The van der Waals surface area contributed by atoms with Gasteiger partial charge < -0.3 is 39.6 Å². The molecule has 7 atom stereocenters. The Bertz CT molecular complexity index is 1090. The Labute approximate surface area is 208 Å². The summed E-state index contributed by atoms with van der Waals surface area (Å²) in [6.07, 6.45) is -7.75. The van der Waals surface area contributed by atoms with Crippen LogP contribution in [0.25, 0.3) is 5.57 Å². The fourth-order valence-electron chi connectivity index (χ4n) is 4.38. The van der Waals surface area contributed by atoms with Gasteiger partial charge in [0.05, 0.1) is 12.2 Å². The summed E-state index contributed by atoms with van der Waals surface area (Å²) in [5.74, 6) is -1.27. The standard InChI is InChI=1S/C26H29NO9/c1-14(28)27-20-23(31)22(30)17(13-33-2)34-26(20)36-25-18(15-9-5-3-6-10-15)19(24(32)35-25)21(29)16-11-7-4-8-12-16/h3-12,17,20-23,25-26,29-31H,13H2,1-2H3,(H,27,28)/t17-,20+,21+,22+,23+,25-,26+/m0/s1. The van der Waals surface area contributed by atoms with Crippen LogP contribution in [0.4, 0.5) is 0 Å². The van der Waals surface area contributed by atoms with Crippen molar-refractivity contribution in [2.45, 2.75) is 50.0 Å². The summed E-state index contributed by atoms with van der Waals surface area (Å²) >= 11 is 0. The van der Waals surface area contributed by atoms with Crippen LogP contribution in [0.3, 0.4) is 0 Å². The number of aliphatic hydroxyl groups is 3. The van der Waals surface area contributed by atoms with E-state index in [9.17, 15) is 24.9 Å². The molecule has 0 unspecified atom stereocenters. The number of carbonyl (C=O) groups is 2. The van der Waals surface area contributed by atoms with Crippen LogP contribution in [0.15, 0.2) is 66.2 Å². The van der Waals surface area contributed by atoms with E-state index in [0.29, 0.717) is 11.1 Å². The van der Waals surface area contributed by atoms with E-state index in [-0.39, 0.29) is 17.8 Å². The predicted molar refractivity (Wildman–Crippen MR) is 126 cm³/mol. The molecule has 4 N–H and O–H groups in total. The number of ether oxygens (including phenoxy) is 4. The van der Waals surface area contributed by atoms with Gasteiger partial charge in [0.15, 0.2) is 6.29 Å². The number of methoxy groups -OCH3 is 1. The summed E-state index contributed by atoms with van der Waals surface area (Å²) < 4.78 is 22.5. The molecule has 0 aromatic heterocycles. The Hall–Kier alpha value is -3.12. The summed E-state index contributed by atoms with van der Waals surface area (Å²) in [7, 11) is 1.41. The predicted octanol–water partition coefficient (Wildman–Crippen LogP) is 0.671. The summed E-state index contributed by atoms with van der Waals surface area (Å²) in [4.78, 5) is 24.9. The molecule has 192 valence electrons. The fraction of sp³-hybridized carbons (Fsp3) is 0.385. The smallest absolute Gasteiger partial charge is 0.340 e. The topological polar surface area (TPSA) is 144 Å². The van der Waals surface area contributed by atoms with Crippen LogP contribution in [0.1, 0.15) is 24.2 Å². The van der Waals surface area contributed by atoms with E-state index < -0.39 is 54.9 Å². The van der Waals surface area contributed by atoms with E-state index in [1.807, 2.05) is 0 Å². The van der Waals surface area contributed by atoms with Crippen LogP contribution >= 0.6 is 0 Å². The summed E-state index contributed by atoms with van der Waals surface area (Å²) in [6.45, 7) is 1.19. The highest BCUT2D eigenvalue weighted by molar-refractivity contribution is 6.03. The molecule has 1 amide bonds. The maximum atomic E-state index is 13.0. The highest BCUT2D eigenvalue weighted by atomic mass is 16.8. The second kappa shape index (κ2) is 11.3. The van der Waals surface area contributed by atoms with Crippen LogP contribution in [0.5, 0.6) is 0 Å². The minimum atomic E-state index is -1.46. The Balaban J connectivity index is 1.72. The molecule has 2 aromatic carbocycles. The molecule has 0 bridgehead atoms. The number of nitrogens with one attached hydrogen (secondary N) is 1. The number of hydrogen-bond donors (Lipinski definition) is 4. The number of esters is 1. The van der Waals surface area contributed by atoms with Crippen LogP contribution in [0, 0.1) is 0 Å². The molecule has 0 aliphatic carbocycles. The molecular weight excluding hydrogens is 470 g/mol. The number of aliphatic hydroxyl groups excluding tert-OH is 3. The number of benzene rings is 2. The minimum Gasteiger partial charge on any atom is -0.428 e. The Morgan fingerprint density at radius 3 is 2.31 bits per heavy atom. The first-order chi connectivity index (χ1) is 17.3. The summed E-state index contributed by atoms with van der Waals surface area (Å²) in [5.41, 5.74) is 1.34. The number of carbonyl (C=O) groups excluding carboxylic acids is 2. The average molecular weight is 500 g/mol. The van der Waals surface area contributed by atoms with Gasteiger partial charge in [-0.05, 0) is 11.1 Å². The van der Waals surface area contributed by atoms with Crippen molar-refractivity contribution < 1.29 is 43.9 Å². The fourth-order valence-corrected chi connectivity index (χ4v) is 4.38. The molecular formula is C26H29NO9. The number of rotatable bonds is 8. The Morgan fingerprint density at radius 2 is 1.69 bits per heavy atom. The highest BCUT2D eigenvalue weighted by Crippen LogP contribution is 2.40. The second-order valence-electron chi connectivity index (χ2n) is 8.59. The normalized spacial score (nSPS) is 29.1. The van der Waals surface area contributed by atoms with Crippen molar-refractivity contribution in [3.8, 4) is 0 Å². The second-order valence-corrected chi connectivity index (χ2v) is 8.59. The monoisotopic (exact) mass is 499 g/mol. The van der Waals surface area contributed by atoms with Crippen molar-refractivity contribution in [2.24, 2.45) is 0 Å². The van der Waals surface area contributed by atoms with Gasteiger partial charge in [-0.25, -0.2) is 4.79 Å². The van der Waals surface area contributed by atoms with Gasteiger partial charge in [-0.15, -0.1) is 0 Å². The zero-order chi connectivity index (χ0) is 25.8. The number of amides is 1. The largest absolute Gasteiger partial charge is 0.428 e. The maximum absolute atomic E-state index is 13.0. The van der Waals surface area contributed by atoms with E-state index >= 15 is 0 Å². The lowest BCUT2D eigenvalue weighted by Gasteiger charge is -2.43. The molecule has 36 heavy (non-hydrogen) atoms. The lowest BCUT2D eigenvalue weighted by atomic mass is 9.93. The first kappa shape index (κ1) is 26.0. The number of cyclic esters (lactones) is 1. The van der Waals surface area contributed by atoms with Crippen molar-refractivity contribution >= 4 is 17.4 Å². The molecule has 1 fully saturated rings. The van der Waals surface area contributed by atoms with Gasteiger partial charge in [0.25, 0.3) is 0 Å². The van der Waals surface area contributed by atoms with E-state index in [1.54, 1.807) is 60.7 Å². The van der Waals surface area contributed by atoms with Gasteiger partial charge >= 0.3 is 5.97 Å². The minimum absolute atomic E-state index is 0.00156. The van der Waals surface area contributed by atoms with Gasteiger partial charge in [0.2, 0.25) is 12.2 Å². The molecule has 0 radical (unpaired) electrons. The van der Waals surface area contributed by atoms with E-state index in [0.717, 1.165) is 0 Å². The first-order valence-corrected chi connectivity index (χ1v) is 11.5. The quantitative estimate of drug-likeness (QED) is 0.385. The van der Waals surface area contributed by atoms with E-state index in [1.165, 1.54) is 14.0 Å². The molecule has 0 saturated carbocycles. The zero-order valence-corrected chi connectivity index (χ0v) is 19.8. The van der Waals surface area contributed by atoms with E-state index in [2.05, 4.69) is 5.32 Å². The SMILES string of the molecule is COC[C@@H]1O[C@H](O[C@@H]2OC(=O)C([C@H](O)c3ccccc3)=C2c2ccccc2)[C@H](NC(C)=O)[C@@H](O)[C@@H]1O. The molecule has 10 heteroatoms. The first-order valence-electron chi connectivity index (χ1n) is 11.5. The van der Waals surface area contributed by atoms with E-state index in [4.69, 9.17) is 18.9 Å². The molecule has 0 spiro atoms. The Morgan fingerprint density at radius 1 is 1.06 bits per heavy atom. The van der Waals surface area contributed by atoms with Crippen LogP contribution in [0.2, 0.25) is 0 Å². The molecule has 10 nitrogen and oxygen atoms in total.